The Morgan fingerprint density at radius 2 is 2.11 bits per heavy atom. The number of aromatic nitrogens is 1. The fraction of sp³-hybridized carbons (Fsp3) is 0.0833. The summed E-state index contributed by atoms with van der Waals surface area (Å²) in [5.41, 5.74) is 7.94. The minimum absolute atomic E-state index is 0.0273. The summed E-state index contributed by atoms with van der Waals surface area (Å²) in [6.45, 7) is 1.73. The fourth-order valence-corrected chi connectivity index (χ4v) is 1.43. The third-order valence-corrected chi connectivity index (χ3v) is 2.33. The molecule has 0 fully saturated rings. The zero-order chi connectivity index (χ0) is 13.1. The van der Waals surface area contributed by atoms with Crippen LogP contribution in [0.5, 0.6) is 11.5 Å². The van der Waals surface area contributed by atoms with E-state index in [-0.39, 0.29) is 11.5 Å². The summed E-state index contributed by atoms with van der Waals surface area (Å²) in [6, 6.07) is 7.50. The Morgan fingerprint density at radius 3 is 2.67 bits per heavy atom. The molecule has 0 saturated heterocycles. The van der Waals surface area contributed by atoms with E-state index >= 15 is 0 Å². The van der Waals surface area contributed by atoms with Crippen LogP contribution in [-0.4, -0.2) is 9.91 Å². The van der Waals surface area contributed by atoms with Crippen LogP contribution in [0.4, 0.5) is 11.5 Å². The first kappa shape index (κ1) is 11.8. The van der Waals surface area contributed by atoms with Gasteiger partial charge in [-0.3, -0.25) is 15.8 Å². The van der Waals surface area contributed by atoms with Crippen molar-refractivity contribution in [3.05, 3.63) is 52.2 Å². The predicted molar refractivity (Wildman–Crippen MR) is 64.9 cm³/mol. The summed E-state index contributed by atoms with van der Waals surface area (Å²) in [5, 5.41) is 10.6. The van der Waals surface area contributed by atoms with Crippen molar-refractivity contribution in [2.45, 2.75) is 6.92 Å². The molecule has 1 aromatic carbocycles. The zero-order valence-electron chi connectivity index (χ0n) is 9.58. The van der Waals surface area contributed by atoms with Crippen LogP contribution < -0.4 is 10.5 Å². The largest absolute Gasteiger partial charge is 0.455 e. The van der Waals surface area contributed by atoms with Crippen molar-refractivity contribution in [2.24, 2.45) is 0 Å². The van der Waals surface area contributed by atoms with Crippen molar-refractivity contribution < 1.29 is 9.66 Å². The molecule has 1 heterocycles. The Hall–Kier alpha value is -2.63. The van der Waals surface area contributed by atoms with Crippen molar-refractivity contribution in [3.8, 4) is 11.5 Å². The number of pyridine rings is 1. The van der Waals surface area contributed by atoms with Gasteiger partial charge in [0.25, 0.3) is 5.69 Å². The van der Waals surface area contributed by atoms with Crippen molar-refractivity contribution in [1.29, 1.82) is 0 Å². The van der Waals surface area contributed by atoms with Gasteiger partial charge in [0.15, 0.2) is 0 Å². The number of ether oxygens (including phenoxy) is 1. The highest BCUT2D eigenvalue weighted by Gasteiger charge is 2.09. The summed E-state index contributed by atoms with van der Waals surface area (Å²) in [4.78, 5) is 13.9. The lowest BCUT2D eigenvalue weighted by Crippen LogP contribution is -1.92. The molecule has 1 aromatic heterocycles. The summed E-state index contributed by atoms with van der Waals surface area (Å²) in [5.74, 6) is 1.17. The second kappa shape index (κ2) is 4.70. The Balaban J connectivity index is 2.24. The lowest BCUT2D eigenvalue weighted by molar-refractivity contribution is -0.384. The molecule has 0 unspecified atom stereocenters. The molecule has 0 bridgehead atoms. The van der Waals surface area contributed by atoms with Gasteiger partial charge in [0.05, 0.1) is 11.1 Å². The monoisotopic (exact) mass is 244 g/mol. The number of hydrogen-bond acceptors (Lipinski definition) is 4. The molecule has 0 aliphatic heterocycles. The molecule has 0 aliphatic carbocycles. The average molecular weight is 244 g/mol. The zero-order valence-corrected chi connectivity index (χ0v) is 9.58. The van der Waals surface area contributed by atoms with E-state index in [9.17, 15) is 10.1 Å². The van der Waals surface area contributed by atoms with E-state index in [1.54, 1.807) is 19.1 Å². The van der Waals surface area contributed by atoms with E-state index < -0.39 is 4.92 Å². The van der Waals surface area contributed by atoms with Crippen LogP contribution >= 0.6 is 0 Å². The quantitative estimate of drug-likeness (QED) is 0.613. The molecule has 2 rings (SSSR count). The molecule has 1 N–H and O–H groups in total. The standard InChI is InChI=1S/C12H10N3O3/c1-8-6-9(15(16)17)2-4-11(8)18-10-3-5-12(13)14-7-10/h2-7,13H,1H3. The van der Waals surface area contributed by atoms with E-state index in [1.165, 1.54) is 24.4 Å². The molecule has 0 amide bonds. The first-order valence-electron chi connectivity index (χ1n) is 5.17. The van der Waals surface area contributed by atoms with Crippen LogP contribution in [-0.2, 0) is 0 Å². The molecule has 0 atom stereocenters. The number of nitro benzene ring substituents is 1. The molecule has 2 aromatic rings. The number of benzene rings is 1. The average Bonchev–Trinajstić information content (AvgIpc) is 2.34. The molecular formula is C12H10N3O3. The van der Waals surface area contributed by atoms with Crippen molar-refractivity contribution in [3.63, 3.8) is 0 Å². The third kappa shape index (κ3) is 2.54. The van der Waals surface area contributed by atoms with Crippen LogP contribution in [0.2, 0.25) is 0 Å². The summed E-state index contributed by atoms with van der Waals surface area (Å²) >= 11 is 0. The maximum Gasteiger partial charge on any atom is 0.269 e. The summed E-state index contributed by atoms with van der Waals surface area (Å²) in [6.07, 6.45) is 1.43. The normalized spacial score (nSPS) is 10.1. The van der Waals surface area contributed by atoms with Gasteiger partial charge in [-0.2, -0.15) is 0 Å². The molecule has 18 heavy (non-hydrogen) atoms. The number of nitrogens with zero attached hydrogens (tertiary/aromatic N) is 2. The maximum absolute atomic E-state index is 10.6. The van der Waals surface area contributed by atoms with Gasteiger partial charge in [0.2, 0.25) is 0 Å². The fourth-order valence-electron chi connectivity index (χ4n) is 1.43. The molecule has 0 spiro atoms. The van der Waals surface area contributed by atoms with Crippen LogP contribution in [0.25, 0.3) is 0 Å². The molecule has 1 radical (unpaired) electrons. The lowest BCUT2D eigenvalue weighted by atomic mass is 10.2. The topological polar surface area (TPSA) is 89.1 Å². The lowest BCUT2D eigenvalue weighted by Gasteiger charge is -2.07. The number of rotatable bonds is 3. The number of nitrogens with one attached hydrogen (secondary N) is 1. The van der Waals surface area contributed by atoms with E-state index in [2.05, 4.69) is 4.98 Å². The highest BCUT2D eigenvalue weighted by atomic mass is 16.6. The highest BCUT2D eigenvalue weighted by Crippen LogP contribution is 2.27. The Kier molecular flexibility index (Phi) is 3.09. The van der Waals surface area contributed by atoms with Crippen LogP contribution in [0.3, 0.4) is 0 Å². The van der Waals surface area contributed by atoms with Gasteiger partial charge in [0, 0.05) is 12.1 Å². The van der Waals surface area contributed by atoms with Crippen molar-refractivity contribution >= 4 is 11.5 Å². The van der Waals surface area contributed by atoms with E-state index in [0.717, 1.165) is 0 Å². The van der Waals surface area contributed by atoms with E-state index in [4.69, 9.17) is 10.5 Å². The number of nitro groups is 1. The van der Waals surface area contributed by atoms with E-state index in [0.29, 0.717) is 17.1 Å². The first-order chi connectivity index (χ1) is 8.56. The second-order valence-electron chi connectivity index (χ2n) is 3.69. The van der Waals surface area contributed by atoms with E-state index in [1.807, 2.05) is 0 Å². The minimum Gasteiger partial charge on any atom is -0.455 e. The smallest absolute Gasteiger partial charge is 0.269 e. The van der Waals surface area contributed by atoms with Crippen molar-refractivity contribution in [2.75, 3.05) is 0 Å². The Morgan fingerprint density at radius 1 is 1.33 bits per heavy atom. The summed E-state index contributed by atoms with van der Waals surface area (Å²) < 4.78 is 5.53. The van der Waals surface area contributed by atoms with Crippen LogP contribution in [0, 0.1) is 17.0 Å². The molecule has 6 nitrogen and oxygen atoms in total. The van der Waals surface area contributed by atoms with Gasteiger partial charge in [-0.25, -0.2) is 4.98 Å². The van der Waals surface area contributed by atoms with Gasteiger partial charge in [0.1, 0.15) is 17.3 Å². The van der Waals surface area contributed by atoms with Gasteiger partial charge in [-0.05, 0) is 30.7 Å². The molecular weight excluding hydrogens is 234 g/mol. The molecule has 6 heteroatoms. The molecule has 91 valence electrons. The van der Waals surface area contributed by atoms with Gasteiger partial charge in [-0.1, -0.05) is 0 Å². The van der Waals surface area contributed by atoms with Gasteiger partial charge < -0.3 is 4.74 Å². The highest BCUT2D eigenvalue weighted by molar-refractivity contribution is 5.45. The summed E-state index contributed by atoms with van der Waals surface area (Å²) in [7, 11) is 0. The third-order valence-electron chi connectivity index (χ3n) is 2.33. The molecule has 0 aliphatic rings. The number of non-ortho nitro benzene ring substituents is 1. The minimum atomic E-state index is -0.451. The van der Waals surface area contributed by atoms with Crippen molar-refractivity contribution in [1.82, 2.24) is 10.7 Å². The number of hydrogen-bond donors (Lipinski definition) is 0. The second-order valence-corrected chi connectivity index (χ2v) is 3.69. The van der Waals surface area contributed by atoms with Crippen LogP contribution in [0.15, 0.2) is 36.5 Å². The van der Waals surface area contributed by atoms with Gasteiger partial charge >= 0.3 is 0 Å². The first-order valence-corrected chi connectivity index (χ1v) is 5.17. The number of aryl methyl sites for hydroxylation is 1. The Labute approximate surface area is 103 Å². The van der Waals surface area contributed by atoms with Gasteiger partial charge in [-0.15, -0.1) is 0 Å². The maximum atomic E-state index is 10.6. The SMILES string of the molecule is Cc1cc([N+](=O)[O-])ccc1Oc1ccc([NH])nc1. The Bertz CT molecular complexity index is 582. The van der Waals surface area contributed by atoms with Crippen LogP contribution in [0.1, 0.15) is 5.56 Å². The predicted octanol–water partition coefficient (Wildman–Crippen LogP) is 3.00. The molecule has 0 saturated carbocycles.